The van der Waals surface area contributed by atoms with Crippen LogP contribution in [0.2, 0.25) is 0 Å². The average Bonchev–Trinajstić information content (AvgIpc) is 2.87. The van der Waals surface area contributed by atoms with Gasteiger partial charge in [0.1, 0.15) is 29.4 Å². The third kappa shape index (κ3) is 4.73. The highest BCUT2D eigenvalue weighted by Gasteiger charge is 2.23. The molecule has 174 valence electrons. The minimum Gasteiger partial charge on any atom is -0.497 e. The van der Waals surface area contributed by atoms with Crippen LogP contribution in [-0.4, -0.2) is 26.8 Å². The molecule has 0 spiro atoms. The molecule has 0 atom stereocenters. The average molecular weight is 460 g/mol. The second-order valence-electron chi connectivity index (χ2n) is 7.38. The predicted octanol–water partition coefficient (Wildman–Crippen LogP) is 5.23. The molecule has 7 heteroatoms. The molecular formula is C27H24O7. The van der Waals surface area contributed by atoms with Gasteiger partial charge in [0.05, 0.1) is 31.8 Å². The Balaban J connectivity index is 1.74. The van der Waals surface area contributed by atoms with E-state index in [9.17, 15) is 9.59 Å². The van der Waals surface area contributed by atoms with Gasteiger partial charge in [0, 0.05) is 6.07 Å². The number of hydrogen-bond donors (Lipinski definition) is 0. The summed E-state index contributed by atoms with van der Waals surface area (Å²) in [5, 5.41) is 0.326. The Hall–Kier alpha value is -4.26. The summed E-state index contributed by atoms with van der Waals surface area (Å²) in [4.78, 5) is 26.1. The van der Waals surface area contributed by atoms with Crippen LogP contribution in [0.3, 0.4) is 0 Å². The summed E-state index contributed by atoms with van der Waals surface area (Å²) < 4.78 is 27.4. The van der Waals surface area contributed by atoms with Crippen LogP contribution in [0.5, 0.6) is 17.2 Å². The SMILES string of the molecule is CCOC(=O)c1oc2cc(OCc3cccc(OC)c3)ccc2c(=O)c1-c1ccc(OC)cc1. The molecule has 0 radical (unpaired) electrons. The normalized spacial score (nSPS) is 10.7. The van der Waals surface area contributed by atoms with Gasteiger partial charge in [0.2, 0.25) is 11.2 Å². The van der Waals surface area contributed by atoms with Crippen molar-refractivity contribution < 1.29 is 28.2 Å². The Bertz CT molecular complexity index is 1370. The van der Waals surface area contributed by atoms with Crippen LogP contribution >= 0.6 is 0 Å². The van der Waals surface area contributed by atoms with E-state index in [0.717, 1.165) is 11.3 Å². The lowest BCUT2D eigenvalue weighted by Crippen LogP contribution is -2.15. The van der Waals surface area contributed by atoms with Gasteiger partial charge in [-0.15, -0.1) is 0 Å². The van der Waals surface area contributed by atoms with E-state index in [-0.39, 0.29) is 28.9 Å². The molecule has 0 aliphatic heterocycles. The lowest BCUT2D eigenvalue weighted by molar-refractivity contribution is 0.0492. The molecule has 0 aliphatic rings. The minimum atomic E-state index is -0.713. The molecule has 7 nitrogen and oxygen atoms in total. The molecule has 1 aromatic heterocycles. The Morgan fingerprint density at radius 3 is 2.32 bits per heavy atom. The molecule has 0 bridgehead atoms. The molecule has 0 fully saturated rings. The van der Waals surface area contributed by atoms with Gasteiger partial charge in [-0.3, -0.25) is 4.79 Å². The van der Waals surface area contributed by atoms with Gasteiger partial charge >= 0.3 is 5.97 Å². The fraction of sp³-hybridized carbons (Fsp3) is 0.185. The van der Waals surface area contributed by atoms with Gasteiger partial charge in [-0.2, -0.15) is 0 Å². The molecule has 0 saturated carbocycles. The third-order valence-electron chi connectivity index (χ3n) is 5.24. The van der Waals surface area contributed by atoms with Crippen molar-refractivity contribution in [1.29, 1.82) is 0 Å². The molecule has 0 amide bonds. The first-order chi connectivity index (χ1) is 16.5. The largest absolute Gasteiger partial charge is 0.497 e. The molecule has 34 heavy (non-hydrogen) atoms. The number of rotatable bonds is 8. The highest BCUT2D eigenvalue weighted by Crippen LogP contribution is 2.29. The lowest BCUT2D eigenvalue weighted by Gasteiger charge is -2.12. The maximum absolute atomic E-state index is 13.4. The zero-order valence-corrected chi connectivity index (χ0v) is 19.1. The summed E-state index contributed by atoms with van der Waals surface area (Å²) in [5.41, 5.74) is 1.47. The number of benzene rings is 3. The summed E-state index contributed by atoms with van der Waals surface area (Å²) in [7, 11) is 3.16. The summed E-state index contributed by atoms with van der Waals surface area (Å²) in [6, 6.07) is 19.3. The molecule has 1 heterocycles. The molecule has 0 aliphatic carbocycles. The summed E-state index contributed by atoms with van der Waals surface area (Å²) in [6.07, 6.45) is 0. The van der Waals surface area contributed by atoms with Crippen molar-refractivity contribution in [2.75, 3.05) is 20.8 Å². The van der Waals surface area contributed by atoms with E-state index in [2.05, 4.69) is 0 Å². The monoisotopic (exact) mass is 460 g/mol. The van der Waals surface area contributed by atoms with Crippen molar-refractivity contribution in [3.63, 3.8) is 0 Å². The molecule has 0 unspecified atom stereocenters. The van der Waals surface area contributed by atoms with E-state index in [4.69, 9.17) is 23.4 Å². The number of carbonyl (C=O) groups is 1. The molecule has 4 rings (SSSR count). The number of hydrogen-bond acceptors (Lipinski definition) is 7. The first-order valence-electron chi connectivity index (χ1n) is 10.7. The Morgan fingerprint density at radius 2 is 1.62 bits per heavy atom. The van der Waals surface area contributed by atoms with Crippen molar-refractivity contribution >= 4 is 16.9 Å². The van der Waals surface area contributed by atoms with Crippen LogP contribution in [0.1, 0.15) is 23.0 Å². The second-order valence-corrected chi connectivity index (χ2v) is 7.38. The number of esters is 1. The van der Waals surface area contributed by atoms with Crippen molar-refractivity contribution in [2.45, 2.75) is 13.5 Å². The van der Waals surface area contributed by atoms with Crippen molar-refractivity contribution in [2.24, 2.45) is 0 Å². The summed E-state index contributed by atoms with van der Waals surface area (Å²) in [6.45, 7) is 2.13. The first-order valence-corrected chi connectivity index (χ1v) is 10.7. The van der Waals surface area contributed by atoms with Gasteiger partial charge < -0.3 is 23.4 Å². The van der Waals surface area contributed by atoms with Crippen molar-refractivity contribution in [3.8, 4) is 28.4 Å². The fourth-order valence-corrected chi connectivity index (χ4v) is 3.55. The second kappa shape index (κ2) is 10.1. The molecule has 3 aromatic carbocycles. The number of carbonyl (C=O) groups excluding carboxylic acids is 1. The Kier molecular flexibility index (Phi) is 6.82. The maximum Gasteiger partial charge on any atom is 0.375 e. The van der Waals surface area contributed by atoms with E-state index in [1.165, 1.54) is 0 Å². The van der Waals surface area contributed by atoms with Crippen LogP contribution in [-0.2, 0) is 11.3 Å². The molecule has 0 saturated heterocycles. The predicted molar refractivity (Wildman–Crippen MR) is 128 cm³/mol. The van der Waals surface area contributed by atoms with Crippen LogP contribution < -0.4 is 19.6 Å². The summed E-state index contributed by atoms with van der Waals surface area (Å²) >= 11 is 0. The highest BCUT2D eigenvalue weighted by molar-refractivity contribution is 5.97. The van der Waals surface area contributed by atoms with Crippen LogP contribution in [0, 0.1) is 0 Å². The summed E-state index contributed by atoms with van der Waals surface area (Å²) in [5.74, 6) is 0.982. The van der Waals surface area contributed by atoms with E-state index in [0.29, 0.717) is 29.1 Å². The van der Waals surface area contributed by atoms with Gasteiger partial charge in [-0.05, 0) is 54.4 Å². The maximum atomic E-state index is 13.4. The van der Waals surface area contributed by atoms with E-state index >= 15 is 0 Å². The fourth-order valence-electron chi connectivity index (χ4n) is 3.55. The van der Waals surface area contributed by atoms with Gasteiger partial charge in [0.15, 0.2) is 0 Å². The van der Waals surface area contributed by atoms with Crippen molar-refractivity contribution in [1.82, 2.24) is 0 Å². The van der Waals surface area contributed by atoms with Gasteiger partial charge in [-0.1, -0.05) is 24.3 Å². The first kappa shape index (κ1) is 22.9. The minimum absolute atomic E-state index is 0.138. The third-order valence-corrected chi connectivity index (χ3v) is 5.24. The van der Waals surface area contributed by atoms with Crippen molar-refractivity contribution in [3.05, 3.63) is 88.3 Å². The highest BCUT2D eigenvalue weighted by atomic mass is 16.5. The van der Waals surface area contributed by atoms with Crippen LogP contribution in [0.25, 0.3) is 22.1 Å². The van der Waals surface area contributed by atoms with Crippen LogP contribution in [0.4, 0.5) is 0 Å². The van der Waals surface area contributed by atoms with E-state index < -0.39 is 5.97 Å². The smallest absolute Gasteiger partial charge is 0.375 e. The quantitative estimate of drug-likeness (QED) is 0.333. The zero-order chi connectivity index (χ0) is 24.1. The number of ether oxygens (including phenoxy) is 4. The Morgan fingerprint density at radius 1 is 0.882 bits per heavy atom. The molecular weight excluding hydrogens is 436 g/mol. The number of fused-ring (bicyclic) bond motifs is 1. The molecule has 4 aromatic rings. The van der Waals surface area contributed by atoms with E-state index in [1.807, 2.05) is 24.3 Å². The Labute approximate surface area is 196 Å². The van der Waals surface area contributed by atoms with Gasteiger partial charge in [-0.25, -0.2) is 4.79 Å². The zero-order valence-electron chi connectivity index (χ0n) is 19.1. The van der Waals surface area contributed by atoms with E-state index in [1.54, 1.807) is 63.6 Å². The standard InChI is InChI=1S/C27H24O7/c1-4-32-27(29)26-24(18-8-10-19(30-2)11-9-18)25(28)22-13-12-21(15-23(22)34-26)33-16-17-6-5-7-20(14-17)31-3/h5-15H,4,16H2,1-3H3. The lowest BCUT2D eigenvalue weighted by atomic mass is 10.0. The van der Waals surface area contributed by atoms with Gasteiger partial charge in [0.25, 0.3) is 0 Å². The van der Waals surface area contributed by atoms with Crippen LogP contribution in [0.15, 0.2) is 75.9 Å². The topological polar surface area (TPSA) is 84.2 Å². The number of methoxy groups -OCH3 is 2. The molecule has 0 N–H and O–H groups in total.